The van der Waals surface area contributed by atoms with E-state index in [9.17, 15) is 14.4 Å². The Labute approximate surface area is 135 Å². The molecule has 0 fully saturated rings. The van der Waals surface area contributed by atoms with Gasteiger partial charge in [-0.2, -0.15) is 0 Å². The number of methoxy groups -OCH3 is 2. The number of hydrogen-bond donors (Lipinski definition) is 1. The fraction of sp³-hybridized carbons (Fsp3) is 0.471. The van der Waals surface area contributed by atoms with Crippen molar-refractivity contribution in [2.45, 2.75) is 25.7 Å². The Morgan fingerprint density at radius 1 is 1.17 bits per heavy atom. The van der Waals surface area contributed by atoms with Gasteiger partial charge in [-0.3, -0.25) is 14.4 Å². The van der Waals surface area contributed by atoms with Crippen molar-refractivity contribution < 1.29 is 29.0 Å². The van der Waals surface area contributed by atoms with Gasteiger partial charge >= 0.3 is 5.97 Å². The molecule has 1 aromatic rings. The van der Waals surface area contributed by atoms with Crippen LogP contribution in [0.4, 0.5) is 0 Å². The van der Waals surface area contributed by atoms with Crippen LogP contribution in [-0.4, -0.2) is 43.5 Å². The van der Waals surface area contributed by atoms with E-state index < -0.39 is 11.9 Å². The van der Waals surface area contributed by atoms with Crippen LogP contribution in [0.1, 0.15) is 36.0 Å². The van der Waals surface area contributed by atoms with E-state index >= 15 is 0 Å². The summed E-state index contributed by atoms with van der Waals surface area (Å²) in [7, 11) is 2.90. The van der Waals surface area contributed by atoms with Crippen molar-refractivity contribution in [2.24, 2.45) is 5.92 Å². The van der Waals surface area contributed by atoms with Crippen LogP contribution in [0.5, 0.6) is 5.75 Å². The number of benzene rings is 1. The summed E-state index contributed by atoms with van der Waals surface area (Å²) >= 11 is 0. The van der Waals surface area contributed by atoms with E-state index in [1.165, 1.54) is 14.2 Å². The van der Waals surface area contributed by atoms with Crippen molar-refractivity contribution in [1.82, 2.24) is 0 Å². The molecule has 0 saturated carbocycles. The monoisotopic (exact) mass is 322 g/mol. The largest absolute Gasteiger partial charge is 0.497 e. The number of ketones is 2. The molecule has 0 bridgehead atoms. The molecule has 126 valence electrons. The molecule has 1 N–H and O–H groups in total. The van der Waals surface area contributed by atoms with Gasteiger partial charge in [0.15, 0.2) is 11.6 Å². The van der Waals surface area contributed by atoms with Crippen molar-refractivity contribution >= 4 is 17.5 Å². The summed E-state index contributed by atoms with van der Waals surface area (Å²) in [6.07, 6.45) is 1.25. The van der Waals surface area contributed by atoms with E-state index in [-0.39, 0.29) is 24.6 Å². The molecule has 1 rings (SSSR count). The Kier molecular flexibility index (Phi) is 7.97. The summed E-state index contributed by atoms with van der Waals surface area (Å²) in [5.74, 6) is -1.75. The molecule has 0 radical (unpaired) electrons. The molecule has 0 heterocycles. The molecule has 0 aliphatic heterocycles. The van der Waals surface area contributed by atoms with Crippen LogP contribution in [0.15, 0.2) is 24.3 Å². The van der Waals surface area contributed by atoms with Crippen molar-refractivity contribution in [3.63, 3.8) is 0 Å². The summed E-state index contributed by atoms with van der Waals surface area (Å²) in [5, 5.41) is 8.65. The molecule has 0 aliphatic rings. The molecular weight excluding hydrogens is 300 g/mol. The average molecular weight is 322 g/mol. The molecular formula is C17H22O6. The second-order valence-corrected chi connectivity index (χ2v) is 5.19. The highest BCUT2D eigenvalue weighted by molar-refractivity contribution is 6.11. The topological polar surface area (TPSA) is 89.9 Å². The van der Waals surface area contributed by atoms with Crippen LogP contribution >= 0.6 is 0 Å². The minimum absolute atomic E-state index is 0.0263. The predicted molar refractivity (Wildman–Crippen MR) is 83.8 cm³/mol. The van der Waals surface area contributed by atoms with Gasteiger partial charge in [-0.1, -0.05) is 18.6 Å². The molecule has 23 heavy (non-hydrogen) atoms. The lowest BCUT2D eigenvalue weighted by Gasteiger charge is -2.15. The summed E-state index contributed by atoms with van der Waals surface area (Å²) in [6.45, 7) is -0.140. The molecule has 1 unspecified atom stereocenters. The van der Waals surface area contributed by atoms with Gasteiger partial charge in [0.05, 0.1) is 13.0 Å². The molecule has 1 atom stereocenters. The number of carboxylic acids is 1. The Morgan fingerprint density at radius 2 is 1.91 bits per heavy atom. The minimum atomic E-state index is -0.885. The molecule has 0 aromatic heterocycles. The number of carboxylic acid groups (broad SMARTS) is 1. The SMILES string of the molecule is COCC(=O)C(CCCCC(=O)O)C(=O)c1cccc(OC)c1. The zero-order valence-corrected chi connectivity index (χ0v) is 13.4. The Hall–Kier alpha value is -2.21. The first-order valence-corrected chi connectivity index (χ1v) is 7.41. The predicted octanol–water partition coefficient (Wildman–Crippen LogP) is 2.35. The smallest absolute Gasteiger partial charge is 0.303 e. The Bertz CT molecular complexity index is 552. The third-order valence-electron chi connectivity index (χ3n) is 3.48. The number of ether oxygens (including phenoxy) is 2. The first-order valence-electron chi connectivity index (χ1n) is 7.41. The van der Waals surface area contributed by atoms with E-state index in [0.29, 0.717) is 30.6 Å². The van der Waals surface area contributed by atoms with Crippen molar-refractivity contribution in [1.29, 1.82) is 0 Å². The molecule has 6 nitrogen and oxygen atoms in total. The summed E-state index contributed by atoms with van der Waals surface area (Å²) in [5.41, 5.74) is 0.400. The van der Waals surface area contributed by atoms with E-state index in [2.05, 4.69) is 0 Å². The zero-order valence-electron chi connectivity index (χ0n) is 13.4. The molecule has 0 aliphatic carbocycles. The number of Topliss-reactive ketones (excluding diaryl/α,β-unsaturated/α-hetero) is 2. The highest BCUT2D eigenvalue weighted by Crippen LogP contribution is 2.21. The van der Waals surface area contributed by atoms with E-state index in [1.54, 1.807) is 24.3 Å². The number of carbonyl (C=O) groups excluding carboxylic acids is 2. The third-order valence-corrected chi connectivity index (χ3v) is 3.48. The molecule has 1 aromatic carbocycles. The van der Waals surface area contributed by atoms with Crippen molar-refractivity contribution in [3.05, 3.63) is 29.8 Å². The second-order valence-electron chi connectivity index (χ2n) is 5.19. The lowest BCUT2D eigenvalue weighted by atomic mass is 9.89. The first kappa shape index (κ1) is 18.8. The van der Waals surface area contributed by atoms with E-state index in [1.807, 2.05) is 0 Å². The van der Waals surface area contributed by atoms with Crippen LogP contribution in [-0.2, 0) is 14.3 Å². The Balaban J connectivity index is 2.82. The summed E-state index contributed by atoms with van der Waals surface area (Å²) in [6, 6.07) is 6.63. The third kappa shape index (κ3) is 6.20. The quantitative estimate of drug-likeness (QED) is 0.382. The summed E-state index contributed by atoms with van der Waals surface area (Å²) < 4.78 is 9.93. The fourth-order valence-electron chi connectivity index (χ4n) is 2.28. The number of rotatable bonds is 11. The molecule has 6 heteroatoms. The second kappa shape index (κ2) is 9.74. The molecule has 0 saturated heterocycles. The standard InChI is InChI=1S/C17H22O6/c1-22-11-15(18)14(8-3-4-9-16(19)20)17(21)12-6-5-7-13(10-12)23-2/h5-7,10,14H,3-4,8-9,11H2,1-2H3,(H,19,20). The van der Waals surface area contributed by atoms with Crippen molar-refractivity contribution in [2.75, 3.05) is 20.8 Å². The number of hydrogen-bond acceptors (Lipinski definition) is 5. The maximum Gasteiger partial charge on any atom is 0.303 e. The van der Waals surface area contributed by atoms with Gasteiger partial charge < -0.3 is 14.6 Å². The number of unbranched alkanes of at least 4 members (excludes halogenated alkanes) is 1. The average Bonchev–Trinajstić information content (AvgIpc) is 2.54. The fourth-order valence-corrected chi connectivity index (χ4v) is 2.28. The maximum absolute atomic E-state index is 12.6. The van der Waals surface area contributed by atoms with Crippen LogP contribution in [0.3, 0.4) is 0 Å². The van der Waals surface area contributed by atoms with Gasteiger partial charge in [0.25, 0.3) is 0 Å². The van der Waals surface area contributed by atoms with Gasteiger partial charge in [-0.25, -0.2) is 0 Å². The van der Waals surface area contributed by atoms with Crippen LogP contribution < -0.4 is 4.74 Å². The normalized spacial score (nSPS) is 11.7. The first-order chi connectivity index (χ1) is 11.0. The van der Waals surface area contributed by atoms with Gasteiger partial charge in [0, 0.05) is 19.1 Å². The zero-order chi connectivity index (χ0) is 17.2. The van der Waals surface area contributed by atoms with Crippen LogP contribution in [0.25, 0.3) is 0 Å². The lowest BCUT2D eigenvalue weighted by molar-refractivity contribution is -0.137. The van der Waals surface area contributed by atoms with Gasteiger partial charge in [-0.15, -0.1) is 0 Å². The maximum atomic E-state index is 12.6. The van der Waals surface area contributed by atoms with Gasteiger partial charge in [0.1, 0.15) is 12.4 Å². The highest BCUT2D eigenvalue weighted by atomic mass is 16.5. The van der Waals surface area contributed by atoms with E-state index in [0.717, 1.165) is 0 Å². The van der Waals surface area contributed by atoms with Crippen molar-refractivity contribution in [3.8, 4) is 5.75 Å². The van der Waals surface area contributed by atoms with E-state index in [4.69, 9.17) is 14.6 Å². The number of carbonyl (C=O) groups is 3. The molecule has 0 spiro atoms. The summed E-state index contributed by atoms with van der Waals surface area (Å²) in [4.78, 5) is 35.3. The van der Waals surface area contributed by atoms with Gasteiger partial charge in [-0.05, 0) is 25.0 Å². The van der Waals surface area contributed by atoms with Gasteiger partial charge in [0.2, 0.25) is 0 Å². The van der Waals surface area contributed by atoms with Crippen LogP contribution in [0, 0.1) is 5.92 Å². The Morgan fingerprint density at radius 3 is 2.52 bits per heavy atom. The lowest BCUT2D eigenvalue weighted by Crippen LogP contribution is -2.27. The minimum Gasteiger partial charge on any atom is -0.497 e. The number of aliphatic carboxylic acids is 1. The van der Waals surface area contributed by atoms with Crippen LogP contribution in [0.2, 0.25) is 0 Å². The molecule has 0 amide bonds. The highest BCUT2D eigenvalue weighted by Gasteiger charge is 2.27.